The molecule has 0 radical (unpaired) electrons. The fourth-order valence-corrected chi connectivity index (χ4v) is 1.93. The van der Waals surface area contributed by atoms with Crippen LogP contribution in [0.2, 0.25) is 0 Å². The highest BCUT2D eigenvalue weighted by molar-refractivity contribution is 5.91. The van der Waals surface area contributed by atoms with E-state index in [-0.39, 0.29) is 18.1 Å². The molecule has 0 aromatic carbocycles. The SMILES string of the molecule is NC(=O)c1cc(NCC(=O)N2CCCC2)ccn1. The summed E-state index contributed by atoms with van der Waals surface area (Å²) in [5.74, 6) is -0.505. The normalized spacial score (nSPS) is 14.6. The molecule has 1 aliphatic rings. The number of nitrogens with one attached hydrogen (secondary N) is 1. The molecule has 2 rings (SSSR count). The van der Waals surface area contributed by atoms with Crippen molar-refractivity contribution in [3.05, 3.63) is 24.0 Å². The number of carbonyl (C=O) groups is 2. The van der Waals surface area contributed by atoms with E-state index in [1.54, 1.807) is 12.1 Å². The van der Waals surface area contributed by atoms with Gasteiger partial charge in [0.15, 0.2) is 0 Å². The van der Waals surface area contributed by atoms with Crippen molar-refractivity contribution in [1.82, 2.24) is 9.88 Å². The van der Waals surface area contributed by atoms with E-state index in [1.165, 1.54) is 6.20 Å². The zero-order valence-electron chi connectivity index (χ0n) is 10.1. The minimum atomic E-state index is -0.579. The molecule has 1 saturated heterocycles. The summed E-state index contributed by atoms with van der Waals surface area (Å²) in [4.78, 5) is 28.4. The Labute approximate surface area is 105 Å². The van der Waals surface area contributed by atoms with E-state index in [0.29, 0.717) is 5.69 Å². The third-order valence-corrected chi connectivity index (χ3v) is 2.91. The minimum absolute atomic E-state index is 0.0740. The van der Waals surface area contributed by atoms with Gasteiger partial charge in [0.1, 0.15) is 5.69 Å². The van der Waals surface area contributed by atoms with Gasteiger partial charge in [-0.3, -0.25) is 14.6 Å². The van der Waals surface area contributed by atoms with Gasteiger partial charge in [0.2, 0.25) is 5.91 Å². The highest BCUT2D eigenvalue weighted by Crippen LogP contribution is 2.10. The number of primary amides is 1. The monoisotopic (exact) mass is 248 g/mol. The van der Waals surface area contributed by atoms with Crippen LogP contribution in [0.1, 0.15) is 23.3 Å². The van der Waals surface area contributed by atoms with Crippen LogP contribution in [0, 0.1) is 0 Å². The van der Waals surface area contributed by atoms with Crippen molar-refractivity contribution < 1.29 is 9.59 Å². The maximum Gasteiger partial charge on any atom is 0.267 e. The number of likely N-dealkylation sites (tertiary alicyclic amines) is 1. The first-order valence-electron chi connectivity index (χ1n) is 5.94. The van der Waals surface area contributed by atoms with Crippen LogP contribution in [0.4, 0.5) is 5.69 Å². The predicted octanol–water partition coefficient (Wildman–Crippen LogP) is 0.215. The molecule has 0 atom stereocenters. The molecule has 6 heteroatoms. The molecule has 6 nitrogen and oxygen atoms in total. The van der Waals surface area contributed by atoms with Gasteiger partial charge in [-0.15, -0.1) is 0 Å². The van der Waals surface area contributed by atoms with Crippen LogP contribution < -0.4 is 11.1 Å². The van der Waals surface area contributed by atoms with Crippen molar-refractivity contribution in [1.29, 1.82) is 0 Å². The Morgan fingerprint density at radius 3 is 2.78 bits per heavy atom. The number of aromatic nitrogens is 1. The minimum Gasteiger partial charge on any atom is -0.376 e. The zero-order valence-corrected chi connectivity index (χ0v) is 10.1. The Kier molecular flexibility index (Phi) is 3.76. The van der Waals surface area contributed by atoms with Crippen molar-refractivity contribution in [3.63, 3.8) is 0 Å². The van der Waals surface area contributed by atoms with Crippen LogP contribution >= 0.6 is 0 Å². The fraction of sp³-hybridized carbons (Fsp3) is 0.417. The summed E-state index contributed by atoms with van der Waals surface area (Å²) >= 11 is 0. The predicted molar refractivity (Wildman–Crippen MR) is 67.1 cm³/mol. The first-order chi connectivity index (χ1) is 8.66. The molecule has 0 aliphatic carbocycles. The molecule has 1 aromatic heterocycles. The highest BCUT2D eigenvalue weighted by Gasteiger charge is 2.17. The second-order valence-corrected chi connectivity index (χ2v) is 4.24. The summed E-state index contributed by atoms with van der Waals surface area (Å²) in [7, 11) is 0. The van der Waals surface area contributed by atoms with Gasteiger partial charge in [-0.2, -0.15) is 0 Å². The number of pyridine rings is 1. The van der Waals surface area contributed by atoms with E-state index in [0.717, 1.165) is 25.9 Å². The number of nitrogens with two attached hydrogens (primary N) is 1. The largest absolute Gasteiger partial charge is 0.376 e. The van der Waals surface area contributed by atoms with Gasteiger partial charge in [0.25, 0.3) is 5.91 Å². The molecule has 1 aliphatic heterocycles. The number of hydrogen-bond donors (Lipinski definition) is 2. The second kappa shape index (κ2) is 5.48. The summed E-state index contributed by atoms with van der Waals surface area (Å²) in [6.07, 6.45) is 3.64. The quantitative estimate of drug-likeness (QED) is 0.797. The summed E-state index contributed by atoms with van der Waals surface area (Å²) < 4.78 is 0. The molecule has 0 saturated carbocycles. The molecule has 2 heterocycles. The standard InChI is InChI=1S/C12H16N4O2/c13-12(18)10-7-9(3-4-14-10)15-8-11(17)16-5-1-2-6-16/h3-4,7H,1-2,5-6,8H2,(H2,13,18)(H,14,15). The average molecular weight is 248 g/mol. The number of carbonyl (C=O) groups excluding carboxylic acids is 2. The van der Waals surface area contributed by atoms with E-state index >= 15 is 0 Å². The molecule has 3 N–H and O–H groups in total. The van der Waals surface area contributed by atoms with Crippen LogP contribution in [-0.2, 0) is 4.79 Å². The van der Waals surface area contributed by atoms with Crippen molar-refractivity contribution in [2.75, 3.05) is 25.0 Å². The molecule has 0 unspecified atom stereocenters. The van der Waals surface area contributed by atoms with Gasteiger partial charge in [-0.1, -0.05) is 0 Å². The lowest BCUT2D eigenvalue weighted by molar-refractivity contribution is -0.128. The fourth-order valence-electron chi connectivity index (χ4n) is 1.93. The van der Waals surface area contributed by atoms with Gasteiger partial charge in [-0.25, -0.2) is 0 Å². The van der Waals surface area contributed by atoms with Crippen molar-refractivity contribution in [2.24, 2.45) is 5.73 Å². The Morgan fingerprint density at radius 2 is 2.11 bits per heavy atom. The topological polar surface area (TPSA) is 88.3 Å². The molecular formula is C12H16N4O2. The number of nitrogens with zero attached hydrogens (tertiary/aromatic N) is 2. The molecule has 1 aromatic rings. The highest BCUT2D eigenvalue weighted by atomic mass is 16.2. The van der Waals surface area contributed by atoms with Crippen LogP contribution in [-0.4, -0.2) is 41.3 Å². The summed E-state index contributed by atoms with van der Waals surface area (Å²) in [5.41, 5.74) is 5.99. The summed E-state index contributed by atoms with van der Waals surface area (Å²) in [6, 6.07) is 3.24. The number of hydrogen-bond acceptors (Lipinski definition) is 4. The molecule has 1 fully saturated rings. The Bertz CT molecular complexity index is 455. The number of rotatable bonds is 4. The third-order valence-electron chi connectivity index (χ3n) is 2.91. The average Bonchev–Trinajstić information content (AvgIpc) is 2.90. The van der Waals surface area contributed by atoms with Gasteiger partial charge < -0.3 is 16.0 Å². The smallest absolute Gasteiger partial charge is 0.267 e. The summed E-state index contributed by atoms with van der Waals surface area (Å²) in [6.45, 7) is 1.90. The molecule has 0 bridgehead atoms. The molecule has 2 amide bonds. The second-order valence-electron chi connectivity index (χ2n) is 4.24. The summed E-state index contributed by atoms with van der Waals surface area (Å²) in [5, 5.41) is 2.98. The lowest BCUT2D eigenvalue weighted by atomic mass is 10.3. The van der Waals surface area contributed by atoms with Gasteiger partial charge >= 0.3 is 0 Å². The van der Waals surface area contributed by atoms with Crippen LogP contribution in [0.25, 0.3) is 0 Å². The van der Waals surface area contributed by atoms with Crippen LogP contribution in [0.3, 0.4) is 0 Å². The lowest BCUT2D eigenvalue weighted by Gasteiger charge is -2.16. The van der Waals surface area contributed by atoms with Gasteiger partial charge in [0.05, 0.1) is 6.54 Å². The Hall–Kier alpha value is -2.11. The molecule has 96 valence electrons. The Morgan fingerprint density at radius 1 is 1.39 bits per heavy atom. The molecule has 0 spiro atoms. The maximum atomic E-state index is 11.8. The molecule has 18 heavy (non-hydrogen) atoms. The molecular weight excluding hydrogens is 232 g/mol. The number of amides is 2. The van der Waals surface area contributed by atoms with E-state index in [9.17, 15) is 9.59 Å². The van der Waals surface area contributed by atoms with Gasteiger partial charge in [0, 0.05) is 25.0 Å². The van der Waals surface area contributed by atoms with E-state index in [4.69, 9.17) is 5.73 Å². The van der Waals surface area contributed by atoms with Crippen molar-refractivity contribution >= 4 is 17.5 Å². The van der Waals surface area contributed by atoms with Crippen LogP contribution in [0.15, 0.2) is 18.3 Å². The van der Waals surface area contributed by atoms with E-state index < -0.39 is 5.91 Å². The Balaban J connectivity index is 1.91. The van der Waals surface area contributed by atoms with Gasteiger partial charge in [-0.05, 0) is 25.0 Å². The maximum absolute atomic E-state index is 11.8. The third kappa shape index (κ3) is 2.97. The number of anilines is 1. The van der Waals surface area contributed by atoms with Crippen molar-refractivity contribution in [2.45, 2.75) is 12.8 Å². The van der Waals surface area contributed by atoms with E-state index in [2.05, 4.69) is 10.3 Å². The lowest BCUT2D eigenvalue weighted by Crippen LogP contribution is -2.33. The first-order valence-corrected chi connectivity index (χ1v) is 5.94. The van der Waals surface area contributed by atoms with Crippen molar-refractivity contribution in [3.8, 4) is 0 Å². The zero-order chi connectivity index (χ0) is 13.0. The van der Waals surface area contributed by atoms with Crippen LogP contribution in [0.5, 0.6) is 0 Å². The van der Waals surface area contributed by atoms with E-state index in [1.807, 2.05) is 4.90 Å². The first kappa shape index (κ1) is 12.3.